The van der Waals surface area contributed by atoms with Crippen molar-refractivity contribution in [3.8, 4) is 11.3 Å². The van der Waals surface area contributed by atoms with Crippen molar-refractivity contribution in [2.75, 3.05) is 0 Å². The van der Waals surface area contributed by atoms with Gasteiger partial charge in [-0.25, -0.2) is 9.18 Å². The summed E-state index contributed by atoms with van der Waals surface area (Å²) in [7, 11) is 0. The molecule has 2 aromatic rings. The van der Waals surface area contributed by atoms with Gasteiger partial charge in [0.25, 0.3) is 0 Å². The van der Waals surface area contributed by atoms with E-state index in [1.807, 2.05) is 0 Å². The second kappa shape index (κ2) is 4.05. The van der Waals surface area contributed by atoms with Crippen molar-refractivity contribution < 1.29 is 18.7 Å². The molecule has 4 heteroatoms. The molecule has 0 bridgehead atoms. The first-order valence-electron chi connectivity index (χ1n) is 5.09. The normalized spacial score (nSPS) is 10.5. The van der Waals surface area contributed by atoms with Crippen LogP contribution in [-0.2, 0) is 0 Å². The van der Waals surface area contributed by atoms with E-state index < -0.39 is 5.97 Å². The third-order valence-electron chi connectivity index (χ3n) is 2.60. The number of hydrogen-bond acceptors (Lipinski definition) is 2. The van der Waals surface area contributed by atoms with E-state index in [2.05, 4.69) is 0 Å². The molecule has 17 heavy (non-hydrogen) atoms. The van der Waals surface area contributed by atoms with Crippen molar-refractivity contribution in [2.24, 2.45) is 0 Å². The molecule has 0 saturated carbocycles. The maximum Gasteiger partial charge on any atom is 0.339 e. The van der Waals surface area contributed by atoms with Crippen molar-refractivity contribution >= 4 is 5.97 Å². The van der Waals surface area contributed by atoms with E-state index in [1.165, 1.54) is 18.2 Å². The van der Waals surface area contributed by atoms with E-state index in [1.54, 1.807) is 19.9 Å². The smallest absolute Gasteiger partial charge is 0.339 e. The van der Waals surface area contributed by atoms with Crippen LogP contribution in [0.5, 0.6) is 0 Å². The van der Waals surface area contributed by atoms with Crippen LogP contribution >= 0.6 is 0 Å². The molecule has 0 aliphatic rings. The second-order valence-electron chi connectivity index (χ2n) is 3.84. The number of hydrogen-bond donors (Lipinski definition) is 1. The molecule has 1 N–H and O–H groups in total. The summed E-state index contributed by atoms with van der Waals surface area (Å²) >= 11 is 0. The Kier molecular flexibility index (Phi) is 2.71. The lowest BCUT2D eigenvalue weighted by atomic mass is 10.1. The molecular weight excluding hydrogens is 223 g/mol. The van der Waals surface area contributed by atoms with Crippen LogP contribution in [0.4, 0.5) is 4.39 Å². The lowest BCUT2D eigenvalue weighted by molar-refractivity contribution is 0.0695. The fourth-order valence-electron chi connectivity index (χ4n) is 1.73. The predicted molar refractivity (Wildman–Crippen MR) is 60.5 cm³/mol. The first-order valence-corrected chi connectivity index (χ1v) is 5.09. The Bertz CT molecular complexity index is 584. The van der Waals surface area contributed by atoms with Gasteiger partial charge in [0.1, 0.15) is 22.9 Å². The summed E-state index contributed by atoms with van der Waals surface area (Å²) in [6.45, 7) is 3.34. The van der Waals surface area contributed by atoms with Crippen LogP contribution in [0.2, 0.25) is 0 Å². The molecule has 0 amide bonds. The average Bonchev–Trinajstić information content (AvgIpc) is 2.60. The van der Waals surface area contributed by atoms with Gasteiger partial charge in [-0.2, -0.15) is 0 Å². The molecule has 2 rings (SSSR count). The van der Waals surface area contributed by atoms with Crippen molar-refractivity contribution in [3.63, 3.8) is 0 Å². The number of carboxylic acid groups (broad SMARTS) is 1. The van der Waals surface area contributed by atoms with E-state index in [4.69, 9.17) is 9.52 Å². The van der Waals surface area contributed by atoms with E-state index >= 15 is 0 Å². The fraction of sp³-hybridized carbons (Fsp3) is 0.154. The van der Waals surface area contributed by atoms with Gasteiger partial charge in [0, 0.05) is 5.56 Å². The van der Waals surface area contributed by atoms with Gasteiger partial charge in [0.2, 0.25) is 0 Å². The molecular formula is C13H11FO3. The summed E-state index contributed by atoms with van der Waals surface area (Å²) in [5.74, 6) is -0.570. The molecule has 1 aromatic heterocycles. The van der Waals surface area contributed by atoms with Gasteiger partial charge < -0.3 is 9.52 Å². The first-order chi connectivity index (χ1) is 7.99. The van der Waals surface area contributed by atoms with E-state index in [0.29, 0.717) is 22.6 Å². The average molecular weight is 234 g/mol. The third kappa shape index (κ3) is 2.06. The minimum atomic E-state index is -1.03. The van der Waals surface area contributed by atoms with Crippen LogP contribution in [0.1, 0.15) is 21.7 Å². The zero-order valence-electron chi connectivity index (χ0n) is 9.45. The first kappa shape index (κ1) is 11.4. The van der Waals surface area contributed by atoms with Gasteiger partial charge in [-0.05, 0) is 43.7 Å². The molecule has 0 atom stereocenters. The Hall–Kier alpha value is -2.10. The monoisotopic (exact) mass is 234 g/mol. The van der Waals surface area contributed by atoms with Gasteiger partial charge in [-0.1, -0.05) is 0 Å². The zero-order valence-corrected chi connectivity index (χ0v) is 9.45. The van der Waals surface area contributed by atoms with Crippen molar-refractivity contribution in [1.82, 2.24) is 0 Å². The highest BCUT2D eigenvalue weighted by Gasteiger charge is 2.15. The van der Waals surface area contributed by atoms with Crippen LogP contribution < -0.4 is 0 Å². The quantitative estimate of drug-likeness (QED) is 0.866. The number of halogens is 1. The molecule has 3 nitrogen and oxygen atoms in total. The molecule has 0 spiro atoms. The number of rotatable bonds is 2. The summed E-state index contributed by atoms with van der Waals surface area (Å²) < 4.78 is 18.3. The lowest BCUT2D eigenvalue weighted by Gasteiger charge is -2.01. The van der Waals surface area contributed by atoms with Crippen molar-refractivity contribution in [2.45, 2.75) is 13.8 Å². The second-order valence-corrected chi connectivity index (χ2v) is 3.84. The van der Waals surface area contributed by atoms with E-state index in [0.717, 1.165) is 0 Å². The van der Waals surface area contributed by atoms with E-state index in [9.17, 15) is 9.18 Å². The molecule has 0 aliphatic heterocycles. The van der Waals surface area contributed by atoms with Gasteiger partial charge in [0.15, 0.2) is 0 Å². The van der Waals surface area contributed by atoms with Crippen molar-refractivity contribution in [3.05, 3.63) is 47.0 Å². The molecule has 0 fully saturated rings. The zero-order chi connectivity index (χ0) is 12.6. The fourth-order valence-corrected chi connectivity index (χ4v) is 1.73. The Morgan fingerprint density at radius 1 is 1.29 bits per heavy atom. The minimum absolute atomic E-state index is 0.128. The Morgan fingerprint density at radius 3 is 2.53 bits per heavy atom. The molecule has 0 unspecified atom stereocenters. The van der Waals surface area contributed by atoms with Gasteiger partial charge in [-0.15, -0.1) is 0 Å². The summed E-state index contributed by atoms with van der Waals surface area (Å²) in [5, 5.41) is 8.92. The molecule has 88 valence electrons. The number of carbonyl (C=O) groups is 1. The highest BCUT2D eigenvalue weighted by Crippen LogP contribution is 2.28. The minimum Gasteiger partial charge on any atom is -0.478 e. The molecule has 0 radical (unpaired) electrons. The number of benzene rings is 1. The number of aromatic carboxylic acids is 1. The van der Waals surface area contributed by atoms with Crippen LogP contribution in [0, 0.1) is 19.7 Å². The Labute approximate surface area is 97.5 Å². The largest absolute Gasteiger partial charge is 0.478 e. The maximum absolute atomic E-state index is 13.0. The Morgan fingerprint density at radius 2 is 2.00 bits per heavy atom. The highest BCUT2D eigenvalue weighted by atomic mass is 19.1. The van der Waals surface area contributed by atoms with Crippen LogP contribution in [0.15, 0.2) is 28.7 Å². The summed E-state index contributed by atoms with van der Waals surface area (Å²) in [6.07, 6.45) is 0. The summed E-state index contributed by atoms with van der Waals surface area (Å²) in [6, 6.07) is 5.74. The van der Waals surface area contributed by atoms with Crippen LogP contribution in [0.3, 0.4) is 0 Å². The topological polar surface area (TPSA) is 50.4 Å². The van der Waals surface area contributed by atoms with Gasteiger partial charge >= 0.3 is 5.97 Å². The van der Waals surface area contributed by atoms with Gasteiger partial charge in [-0.3, -0.25) is 0 Å². The maximum atomic E-state index is 13.0. The predicted octanol–water partition coefficient (Wildman–Crippen LogP) is 3.40. The van der Waals surface area contributed by atoms with Gasteiger partial charge in [0.05, 0.1) is 0 Å². The Balaban J connectivity index is 2.53. The standard InChI is InChI=1S/C13H11FO3/c1-7-5-9(14)3-4-10(7)12-6-11(13(15)16)8(2)17-12/h3-6H,1-2H3,(H,15,16). The van der Waals surface area contributed by atoms with E-state index in [-0.39, 0.29) is 11.4 Å². The van der Waals surface area contributed by atoms with Crippen LogP contribution in [0.25, 0.3) is 11.3 Å². The molecule has 0 saturated heterocycles. The third-order valence-corrected chi connectivity index (χ3v) is 2.60. The molecule has 0 aliphatic carbocycles. The summed E-state index contributed by atoms with van der Waals surface area (Å²) in [5.41, 5.74) is 1.53. The summed E-state index contributed by atoms with van der Waals surface area (Å²) in [4.78, 5) is 10.9. The molecule has 1 aromatic carbocycles. The molecule has 1 heterocycles. The van der Waals surface area contributed by atoms with Crippen molar-refractivity contribution in [1.29, 1.82) is 0 Å². The lowest BCUT2D eigenvalue weighted by Crippen LogP contribution is -1.94. The van der Waals surface area contributed by atoms with Crippen LogP contribution in [-0.4, -0.2) is 11.1 Å². The number of furan rings is 1. The number of aryl methyl sites for hydroxylation is 2. The highest BCUT2D eigenvalue weighted by molar-refractivity contribution is 5.90. The SMILES string of the molecule is Cc1cc(F)ccc1-c1cc(C(=O)O)c(C)o1. The number of carboxylic acids is 1.